The van der Waals surface area contributed by atoms with Crippen molar-refractivity contribution < 1.29 is 9.59 Å². The number of nitrogens with one attached hydrogen (secondary N) is 1. The third-order valence-corrected chi connectivity index (χ3v) is 6.25. The number of thiophene rings is 1. The molecule has 0 aliphatic carbocycles. The number of likely N-dealkylation sites (N-methyl/N-ethyl adjacent to an activating group) is 1. The van der Waals surface area contributed by atoms with Crippen LogP contribution in [0.15, 0.2) is 29.2 Å². The zero-order chi connectivity index (χ0) is 18.0. The van der Waals surface area contributed by atoms with Crippen LogP contribution in [0.5, 0.6) is 0 Å². The van der Waals surface area contributed by atoms with E-state index in [9.17, 15) is 9.59 Å². The van der Waals surface area contributed by atoms with Gasteiger partial charge in [0.2, 0.25) is 0 Å². The van der Waals surface area contributed by atoms with E-state index >= 15 is 0 Å². The molecule has 3 N–H and O–H groups in total. The van der Waals surface area contributed by atoms with E-state index in [-0.39, 0.29) is 5.91 Å². The highest BCUT2D eigenvalue weighted by Crippen LogP contribution is 2.37. The van der Waals surface area contributed by atoms with Crippen molar-refractivity contribution in [3.8, 4) is 0 Å². The van der Waals surface area contributed by atoms with Gasteiger partial charge in [0.05, 0.1) is 5.56 Å². The van der Waals surface area contributed by atoms with Crippen molar-refractivity contribution in [2.75, 3.05) is 24.7 Å². The highest BCUT2D eigenvalue weighted by molar-refractivity contribution is 7.98. The first-order chi connectivity index (χ1) is 12.0. The molecular formula is C18H21N3O2S2. The minimum atomic E-state index is -0.476. The molecule has 0 saturated carbocycles. The van der Waals surface area contributed by atoms with Crippen LogP contribution in [-0.2, 0) is 13.0 Å². The average molecular weight is 376 g/mol. The number of rotatable bonds is 5. The summed E-state index contributed by atoms with van der Waals surface area (Å²) in [6.45, 7) is 4.79. The van der Waals surface area contributed by atoms with Crippen molar-refractivity contribution in [3.63, 3.8) is 0 Å². The van der Waals surface area contributed by atoms with Crippen LogP contribution in [-0.4, -0.2) is 36.1 Å². The molecule has 2 aromatic rings. The molecule has 5 nitrogen and oxygen atoms in total. The third-order valence-electron chi connectivity index (χ3n) is 4.39. The molecule has 0 spiro atoms. The maximum absolute atomic E-state index is 12.6. The summed E-state index contributed by atoms with van der Waals surface area (Å²) in [5.41, 5.74) is 7.66. The Morgan fingerprint density at radius 1 is 1.40 bits per heavy atom. The minimum Gasteiger partial charge on any atom is -0.365 e. The fourth-order valence-electron chi connectivity index (χ4n) is 3.01. The molecule has 3 rings (SSSR count). The highest BCUT2D eigenvalue weighted by Gasteiger charge is 2.27. The second-order valence-electron chi connectivity index (χ2n) is 5.88. The summed E-state index contributed by atoms with van der Waals surface area (Å²) < 4.78 is 0. The molecule has 2 amide bonds. The Hall–Kier alpha value is -1.83. The van der Waals surface area contributed by atoms with Gasteiger partial charge in [0.25, 0.3) is 11.8 Å². The molecule has 25 heavy (non-hydrogen) atoms. The van der Waals surface area contributed by atoms with Gasteiger partial charge in [-0.3, -0.25) is 14.5 Å². The Morgan fingerprint density at radius 2 is 2.20 bits per heavy atom. The minimum absolute atomic E-state index is 0.218. The largest absolute Gasteiger partial charge is 0.365 e. The number of thioether (sulfide) groups is 1. The van der Waals surface area contributed by atoms with Crippen molar-refractivity contribution in [1.82, 2.24) is 4.90 Å². The lowest BCUT2D eigenvalue weighted by Crippen LogP contribution is -2.30. The predicted molar refractivity (Wildman–Crippen MR) is 104 cm³/mol. The van der Waals surface area contributed by atoms with Crippen molar-refractivity contribution in [2.24, 2.45) is 5.73 Å². The van der Waals surface area contributed by atoms with Gasteiger partial charge in [-0.05, 0) is 43.0 Å². The van der Waals surface area contributed by atoms with Gasteiger partial charge in [-0.25, -0.2) is 0 Å². The molecule has 0 atom stereocenters. The Morgan fingerprint density at radius 3 is 2.88 bits per heavy atom. The van der Waals surface area contributed by atoms with E-state index in [1.54, 1.807) is 17.8 Å². The Bertz CT molecular complexity index is 817. The van der Waals surface area contributed by atoms with Crippen molar-refractivity contribution >= 4 is 39.9 Å². The molecular weight excluding hydrogens is 354 g/mol. The zero-order valence-electron chi connectivity index (χ0n) is 14.3. The molecule has 1 aliphatic rings. The molecule has 0 radical (unpaired) electrons. The number of benzene rings is 1. The molecule has 7 heteroatoms. The van der Waals surface area contributed by atoms with Crippen LogP contribution in [0, 0.1) is 0 Å². The fourth-order valence-corrected chi connectivity index (χ4v) is 4.76. The van der Waals surface area contributed by atoms with Gasteiger partial charge >= 0.3 is 0 Å². The van der Waals surface area contributed by atoms with Gasteiger partial charge in [-0.15, -0.1) is 23.1 Å². The van der Waals surface area contributed by atoms with Crippen LogP contribution in [0.3, 0.4) is 0 Å². The van der Waals surface area contributed by atoms with Crippen molar-refractivity contribution in [3.05, 3.63) is 45.8 Å². The van der Waals surface area contributed by atoms with E-state index in [0.717, 1.165) is 41.4 Å². The molecule has 1 aromatic carbocycles. The first-order valence-electron chi connectivity index (χ1n) is 8.15. The summed E-state index contributed by atoms with van der Waals surface area (Å²) >= 11 is 3.05. The van der Waals surface area contributed by atoms with Gasteiger partial charge in [0, 0.05) is 28.4 Å². The van der Waals surface area contributed by atoms with Crippen LogP contribution in [0.2, 0.25) is 0 Å². The summed E-state index contributed by atoms with van der Waals surface area (Å²) in [5.74, 6) is -0.694. The number of hydrogen-bond donors (Lipinski definition) is 2. The van der Waals surface area contributed by atoms with Gasteiger partial charge in [0.15, 0.2) is 0 Å². The van der Waals surface area contributed by atoms with Gasteiger partial charge < -0.3 is 11.1 Å². The number of hydrogen-bond acceptors (Lipinski definition) is 5. The lowest BCUT2D eigenvalue weighted by atomic mass is 10.0. The number of carbonyl (C=O) groups is 2. The van der Waals surface area contributed by atoms with E-state index in [1.807, 2.05) is 24.5 Å². The number of primary amides is 1. The summed E-state index contributed by atoms with van der Waals surface area (Å²) in [7, 11) is 0. The molecule has 0 saturated heterocycles. The molecule has 0 bridgehead atoms. The quantitative estimate of drug-likeness (QED) is 0.787. The Kier molecular flexibility index (Phi) is 5.46. The molecule has 1 aromatic heterocycles. The molecule has 1 aliphatic heterocycles. The van der Waals surface area contributed by atoms with Gasteiger partial charge in [0.1, 0.15) is 5.00 Å². The number of fused-ring (bicyclic) bond motifs is 1. The van der Waals surface area contributed by atoms with E-state index in [4.69, 9.17) is 5.73 Å². The van der Waals surface area contributed by atoms with Crippen molar-refractivity contribution in [2.45, 2.75) is 24.8 Å². The lowest BCUT2D eigenvalue weighted by molar-refractivity contribution is 0.1000. The first-order valence-corrected chi connectivity index (χ1v) is 10.2. The summed E-state index contributed by atoms with van der Waals surface area (Å²) in [6, 6.07) is 7.43. The first kappa shape index (κ1) is 18.0. The summed E-state index contributed by atoms with van der Waals surface area (Å²) in [4.78, 5) is 29.1. The average Bonchev–Trinajstić information content (AvgIpc) is 2.98. The smallest absolute Gasteiger partial charge is 0.256 e. The number of nitrogens with zero attached hydrogens (tertiary/aromatic N) is 1. The van der Waals surface area contributed by atoms with Gasteiger partial charge in [-0.1, -0.05) is 13.0 Å². The number of nitrogens with two attached hydrogens (primary N) is 1. The monoisotopic (exact) mass is 375 g/mol. The summed E-state index contributed by atoms with van der Waals surface area (Å²) in [6.07, 6.45) is 2.75. The summed E-state index contributed by atoms with van der Waals surface area (Å²) in [5, 5.41) is 3.47. The lowest BCUT2D eigenvalue weighted by Gasteiger charge is -2.25. The predicted octanol–water partition coefficient (Wildman–Crippen LogP) is 3.20. The van der Waals surface area contributed by atoms with E-state index in [0.29, 0.717) is 16.1 Å². The highest BCUT2D eigenvalue weighted by atomic mass is 32.2. The maximum atomic E-state index is 12.6. The van der Waals surface area contributed by atoms with E-state index in [1.165, 1.54) is 11.3 Å². The standard InChI is InChI=1S/C18H21N3O2S2/c1-3-21-8-7-13-14(10-21)25-18(15(13)16(19)22)20-17(23)11-5-4-6-12(9-11)24-2/h4-6,9H,3,7-8,10H2,1-2H3,(H2,19,22)(H,20,23). The fraction of sp³-hybridized carbons (Fsp3) is 0.333. The van der Waals surface area contributed by atoms with Crippen LogP contribution >= 0.6 is 23.1 Å². The molecule has 2 heterocycles. The zero-order valence-corrected chi connectivity index (χ0v) is 15.9. The number of carbonyl (C=O) groups excluding carboxylic acids is 2. The second kappa shape index (κ2) is 7.59. The Labute approximate surface area is 155 Å². The molecule has 0 unspecified atom stereocenters. The number of anilines is 1. The van der Waals surface area contributed by atoms with E-state index in [2.05, 4.69) is 17.1 Å². The maximum Gasteiger partial charge on any atom is 0.256 e. The van der Waals surface area contributed by atoms with E-state index < -0.39 is 5.91 Å². The van der Waals surface area contributed by atoms with Crippen LogP contribution in [0.25, 0.3) is 0 Å². The Balaban J connectivity index is 1.90. The van der Waals surface area contributed by atoms with Crippen LogP contribution < -0.4 is 11.1 Å². The normalized spacial score (nSPS) is 14.2. The van der Waals surface area contributed by atoms with Crippen LogP contribution in [0.1, 0.15) is 38.1 Å². The SMILES string of the molecule is CCN1CCc2c(sc(NC(=O)c3cccc(SC)c3)c2C(N)=O)C1. The second-order valence-corrected chi connectivity index (χ2v) is 7.86. The number of amides is 2. The van der Waals surface area contributed by atoms with Gasteiger partial charge in [-0.2, -0.15) is 0 Å². The van der Waals surface area contributed by atoms with Crippen LogP contribution in [0.4, 0.5) is 5.00 Å². The third kappa shape index (κ3) is 3.73. The van der Waals surface area contributed by atoms with Crippen molar-refractivity contribution in [1.29, 1.82) is 0 Å². The topological polar surface area (TPSA) is 75.4 Å². The molecule has 132 valence electrons. The molecule has 0 fully saturated rings.